The molecule has 4 rings (SSSR count). The van der Waals surface area contributed by atoms with E-state index in [1.807, 2.05) is 57.2 Å². The summed E-state index contributed by atoms with van der Waals surface area (Å²) in [6, 6.07) is 17.6. The van der Waals surface area contributed by atoms with Gasteiger partial charge in [-0.2, -0.15) is 0 Å². The van der Waals surface area contributed by atoms with Crippen LogP contribution in [-0.4, -0.2) is 32.9 Å². The van der Waals surface area contributed by atoms with E-state index in [0.717, 1.165) is 22.3 Å². The fourth-order valence-electron chi connectivity index (χ4n) is 3.90. The highest BCUT2D eigenvalue weighted by Gasteiger charge is 2.31. The molecule has 8 heteroatoms. The van der Waals surface area contributed by atoms with Gasteiger partial charge in [-0.3, -0.25) is 19.3 Å². The molecule has 0 fully saturated rings. The van der Waals surface area contributed by atoms with Crippen molar-refractivity contribution in [2.45, 2.75) is 32.1 Å². The van der Waals surface area contributed by atoms with Crippen molar-refractivity contribution in [3.8, 4) is 0 Å². The molecule has 0 spiro atoms. The molecule has 0 radical (unpaired) electrons. The first kappa shape index (κ1) is 24.3. The summed E-state index contributed by atoms with van der Waals surface area (Å²) >= 11 is 0. The van der Waals surface area contributed by atoms with Crippen LogP contribution in [0.3, 0.4) is 0 Å². The highest BCUT2D eigenvalue weighted by molar-refractivity contribution is 7.92. The molecule has 1 aliphatic rings. The van der Waals surface area contributed by atoms with Gasteiger partial charge in [-0.25, -0.2) is 8.42 Å². The Kier molecular flexibility index (Phi) is 6.84. The minimum Gasteiger partial charge on any atom is -0.355 e. The molecule has 0 saturated heterocycles. The van der Waals surface area contributed by atoms with Gasteiger partial charge in [-0.15, -0.1) is 0 Å². The van der Waals surface area contributed by atoms with Crippen LogP contribution in [0.15, 0.2) is 70.6 Å². The first-order valence-electron chi connectivity index (χ1n) is 11.3. The van der Waals surface area contributed by atoms with Crippen LogP contribution >= 0.6 is 0 Å². The second-order valence-corrected chi connectivity index (χ2v) is 10.4. The number of ketones is 1. The molecule has 3 aromatic carbocycles. The number of fused-ring (bicyclic) bond motifs is 1. The number of hydrogen-bond donors (Lipinski definition) is 2. The minimum absolute atomic E-state index is 0.0693. The van der Waals surface area contributed by atoms with Crippen molar-refractivity contribution in [1.82, 2.24) is 5.32 Å². The standard InChI is InChI=1S/C27H27N3O4S/c1-17-4-7-20(8-5-17)12-13-28-27(32)23-16-29-25-11-9-21(15-22(25)26(23)31)35(33,34)30-24-10-6-18(2)14-19(24)3/h4-11,14-16,23,30H,12-13H2,1-3H3,(H,28,32). The molecule has 0 bridgehead atoms. The second-order valence-electron chi connectivity index (χ2n) is 8.75. The van der Waals surface area contributed by atoms with Crippen molar-refractivity contribution in [2.75, 3.05) is 11.3 Å². The van der Waals surface area contributed by atoms with E-state index < -0.39 is 27.6 Å². The number of carbonyl (C=O) groups excluding carboxylic acids is 2. The third kappa shape index (κ3) is 5.49. The number of Topliss-reactive ketones (excluding diaryl/α,β-unsaturated/α-hetero) is 1. The van der Waals surface area contributed by atoms with Gasteiger partial charge in [-0.1, -0.05) is 47.5 Å². The van der Waals surface area contributed by atoms with E-state index >= 15 is 0 Å². The summed E-state index contributed by atoms with van der Waals surface area (Å²) in [5, 5.41) is 2.78. The molecule has 0 aliphatic carbocycles. The zero-order valence-corrected chi connectivity index (χ0v) is 20.6. The molecule has 35 heavy (non-hydrogen) atoms. The molecule has 0 aromatic heterocycles. The lowest BCUT2D eigenvalue weighted by atomic mass is 9.94. The van der Waals surface area contributed by atoms with Gasteiger partial charge in [0.1, 0.15) is 5.92 Å². The zero-order chi connectivity index (χ0) is 25.2. The second kappa shape index (κ2) is 9.84. The van der Waals surface area contributed by atoms with Gasteiger partial charge < -0.3 is 5.32 Å². The number of nitrogens with one attached hydrogen (secondary N) is 2. The van der Waals surface area contributed by atoms with E-state index in [1.165, 1.54) is 24.4 Å². The zero-order valence-electron chi connectivity index (χ0n) is 19.8. The molecule has 7 nitrogen and oxygen atoms in total. The van der Waals surface area contributed by atoms with Crippen LogP contribution in [0.4, 0.5) is 11.4 Å². The van der Waals surface area contributed by atoms with Crippen molar-refractivity contribution in [1.29, 1.82) is 0 Å². The molecule has 1 heterocycles. The van der Waals surface area contributed by atoms with Crippen LogP contribution in [0.5, 0.6) is 0 Å². The Labute approximate surface area is 205 Å². The van der Waals surface area contributed by atoms with Gasteiger partial charge in [0.05, 0.1) is 16.3 Å². The van der Waals surface area contributed by atoms with Crippen molar-refractivity contribution < 1.29 is 18.0 Å². The number of benzene rings is 3. The third-order valence-electron chi connectivity index (χ3n) is 5.93. The molecule has 0 saturated carbocycles. The molecule has 1 amide bonds. The van der Waals surface area contributed by atoms with Crippen LogP contribution in [0.25, 0.3) is 0 Å². The number of carbonyl (C=O) groups is 2. The van der Waals surface area contributed by atoms with Crippen LogP contribution in [0.1, 0.15) is 32.6 Å². The van der Waals surface area contributed by atoms with Gasteiger partial charge in [0.25, 0.3) is 10.0 Å². The number of nitrogens with zero attached hydrogens (tertiary/aromatic N) is 1. The lowest BCUT2D eigenvalue weighted by Crippen LogP contribution is -2.38. The number of sulfonamides is 1. The number of amides is 1. The van der Waals surface area contributed by atoms with E-state index in [4.69, 9.17) is 0 Å². The highest BCUT2D eigenvalue weighted by atomic mass is 32.2. The first-order valence-corrected chi connectivity index (χ1v) is 12.8. The molecule has 2 N–H and O–H groups in total. The lowest BCUT2D eigenvalue weighted by Gasteiger charge is -2.18. The minimum atomic E-state index is -3.95. The largest absolute Gasteiger partial charge is 0.355 e. The van der Waals surface area contributed by atoms with E-state index in [0.29, 0.717) is 24.3 Å². The maximum absolute atomic E-state index is 13.1. The average molecular weight is 490 g/mol. The fourth-order valence-corrected chi connectivity index (χ4v) is 5.05. The quantitative estimate of drug-likeness (QED) is 0.483. The van der Waals surface area contributed by atoms with E-state index in [9.17, 15) is 18.0 Å². The maximum atomic E-state index is 13.1. The SMILES string of the molecule is Cc1ccc(CCNC(=O)C2C=Nc3ccc(S(=O)(=O)Nc4ccc(C)cc4C)cc3C2=O)cc1. The Morgan fingerprint density at radius 3 is 2.37 bits per heavy atom. The van der Waals surface area contributed by atoms with Gasteiger partial charge in [-0.05, 0) is 62.6 Å². The highest BCUT2D eigenvalue weighted by Crippen LogP contribution is 2.30. The Hall–Kier alpha value is -3.78. The molecular formula is C27H27N3O4S. The molecule has 3 aromatic rings. The van der Waals surface area contributed by atoms with Gasteiger partial charge in [0.15, 0.2) is 5.78 Å². The molecule has 180 valence electrons. The van der Waals surface area contributed by atoms with E-state index in [1.54, 1.807) is 6.07 Å². The van der Waals surface area contributed by atoms with Gasteiger partial charge in [0.2, 0.25) is 5.91 Å². The summed E-state index contributed by atoms with van der Waals surface area (Å²) in [5.74, 6) is -2.05. The Morgan fingerprint density at radius 1 is 0.943 bits per heavy atom. The molecule has 1 unspecified atom stereocenters. The first-order chi connectivity index (χ1) is 16.6. The number of anilines is 1. The molecule has 1 aliphatic heterocycles. The number of aryl methyl sites for hydroxylation is 3. The van der Waals surface area contributed by atoms with E-state index in [-0.39, 0.29) is 10.5 Å². The number of aliphatic imine (C=N–C) groups is 1. The summed E-state index contributed by atoms with van der Waals surface area (Å²) in [6.07, 6.45) is 1.95. The smallest absolute Gasteiger partial charge is 0.261 e. The summed E-state index contributed by atoms with van der Waals surface area (Å²) in [6.45, 7) is 6.13. The Morgan fingerprint density at radius 2 is 1.66 bits per heavy atom. The van der Waals surface area contributed by atoms with Crippen LogP contribution < -0.4 is 10.0 Å². The fraction of sp³-hybridized carbons (Fsp3) is 0.222. The predicted molar refractivity (Wildman–Crippen MR) is 137 cm³/mol. The van der Waals surface area contributed by atoms with E-state index in [2.05, 4.69) is 15.0 Å². The number of hydrogen-bond acceptors (Lipinski definition) is 5. The van der Waals surface area contributed by atoms with Crippen LogP contribution in [-0.2, 0) is 21.2 Å². The third-order valence-corrected chi connectivity index (χ3v) is 7.29. The summed E-state index contributed by atoms with van der Waals surface area (Å²) in [5.41, 5.74) is 4.95. The monoisotopic (exact) mass is 489 g/mol. The summed E-state index contributed by atoms with van der Waals surface area (Å²) in [4.78, 5) is 29.9. The van der Waals surface area contributed by atoms with Crippen molar-refractivity contribution in [2.24, 2.45) is 10.9 Å². The maximum Gasteiger partial charge on any atom is 0.261 e. The van der Waals surface area contributed by atoms with Crippen molar-refractivity contribution >= 4 is 39.3 Å². The predicted octanol–water partition coefficient (Wildman–Crippen LogP) is 4.29. The van der Waals surface area contributed by atoms with Crippen molar-refractivity contribution in [3.05, 3.63) is 88.5 Å². The normalized spacial score (nSPS) is 14.9. The number of rotatable bonds is 7. The summed E-state index contributed by atoms with van der Waals surface area (Å²) < 4.78 is 28.6. The lowest BCUT2D eigenvalue weighted by molar-refractivity contribution is -0.121. The van der Waals surface area contributed by atoms with Gasteiger partial charge >= 0.3 is 0 Å². The van der Waals surface area contributed by atoms with Crippen LogP contribution in [0.2, 0.25) is 0 Å². The topological polar surface area (TPSA) is 105 Å². The van der Waals surface area contributed by atoms with Gasteiger partial charge in [0, 0.05) is 18.3 Å². The molecule has 1 atom stereocenters. The molecular weight excluding hydrogens is 462 g/mol. The Balaban J connectivity index is 1.47. The average Bonchev–Trinajstić information content (AvgIpc) is 2.82. The summed E-state index contributed by atoms with van der Waals surface area (Å²) in [7, 11) is -3.95. The van der Waals surface area contributed by atoms with Crippen molar-refractivity contribution in [3.63, 3.8) is 0 Å². The Bertz CT molecular complexity index is 1430. The van der Waals surface area contributed by atoms with Crippen LogP contribution in [0, 0.1) is 26.7 Å².